The normalized spacial score (nSPS) is 24.3. The van der Waals surface area contributed by atoms with Gasteiger partial charge in [-0.15, -0.1) is 0 Å². The number of nitrogens with zero attached hydrogens (tertiary/aromatic N) is 2. The largest absolute Gasteiger partial charge is 0.334 e. The summed E-state index contributed by atoms with van der Waals surface area (Å²) in [4.78, 5) is 5.36. The van der Waals surface area contributed by atoms with Crippen molar-refractivity contribution in [3.8, 4) is 33.4 Å². The molecule has 0 N–H and O–H groups in total. The molecule has 2 nitrogen and oxygen atoms in total. The van der Waals surface area contributed by atoms with E-state index in [2.05, 4.69) is 209 Å². The SMILES string of the molecule is CC1(C)CCC2c3cc(-c4ccc5c(c4)Cc4c-5c5ccccc5c5cc(-c6ccc7c(c6)C6CCC(C)(C)C6(C)N7c6ccccc6)ccc45)ccc3N(c3ccccc3)C21C. The van der Waals surface area contributed by atoms with Crippen molar-refractivity contribution in [2.75, 3.05) is 9.80 Å². The number of rotatable bonds is 4. The summed E-state index contributed by atoms with van der Waals surface area (Å²) in [5.74, 6) is 0.992. The van der Waals surface area contributed by atoms with Crippen LogP contribution in [0.5, 0.6) is 0 Å². The molecule has 0 amide bonds. The molecule has 0 saturated heterocycles. The summed E-state index contributed by atoms with van der Waals surface area (Å²) in [6, 6.07) is 60.7. The zero-order valence-corrected chi connectivity index (χ0v) is 37.6. The van der Waals surface area contributed by atoms with E-state index in [1.165, 1.54) is 126 Å². The summed E-state index contributed by atoms with van der Waals surface area (Å²) in [7, 11) is 0. The third kappa shape index (κ3) is 4.85. The zero-order valence-electron chi connectivity index (χ0n) is 37.6. The van der Waals surface area contributed by atoms with Gasteiger partial charge >= 0.3 is 0 Å². The monoisotopic (exact) mass is 816 g/mol. The molecule has 5 aliphatic rings. The quantitative estimate of drug-likeness (QED) is 0.163. The molecule has 8 aromatic rings. The van der Waals surface area contributed by atoms with E-state index in [0.717, 1.165) is 6.42 Å². The van der Waals surface area contributed by atoms with Gasteiger partial charge in [-0.2, -0.15) is 0 Å². The van der Waals surface area contributed by atoms with Crippen LogP contribution in [0, 0.1) is 10.8 Å². The highest BCUT2D eigenvalue weighted by molar-refractivity contribution is 6.18. The van der Waals surface area contributed by atoms with Gasteiger partial charge < -0.3 is 9.80 Å². The molecule has 2 saturated carbocycles. The molecule has 2 heteroatoms. The Hall–Kier alpha value is -6.12. The lowest BCUT2D eigenvalue weighted by molar-refractivity contribution is 0.222. The fraction of sp³-hybridized carbons (Fsp3) is 0.279. The molecule has 0 aromatic heterocycles. The Morgan fingerprint density at radius 2 is 0.905 bits per heavy atom. The van der Waals surface area contributed by atoms with Crippen molar-refractivity contribution in [2.45, 2.75) is 96.6 Å². The predicted molar refractivity (Wildman–Crippen MR) is 266 cm³/mol. The van der Waals surface area contributed by atoms with Crippen LogP contribution >= 0.6 is 0 Å². The van der Waals surface area contributed by atoms with Crippen LogP contribution in [0.4, 0.5) is 22.7 Å². The van der Waals surface area contributed by atoms with Gasteiger partial charge in [-0.3, -0.25) is 0 Å². The second-order valence-electron chi connectivity index (χ2n) is 21.3. The van der Waals surface area contributed by atoms with Crippen molar-refractivity contribution in [1.29, 1.82) is 0 Å². The Kier molecular flexibility index (Phi) is 7.58. The number of fused-ring (bicyclic) bond motifs is 14. The third-order valence-corrected chi connectivity index (χ3v) is 18.0. The van der Waals surface area contributed by atoms with Crippen LogP contribution in [-0.2, 0) is 6.42 Å². The van der Waals surface area contributed by atoms with Crippen molar-refractivity contribution in [2.24, 2.45) is 10.8 Å². The molecule has 2 heterocycles. The number of benzene rings is 8. The van der Waals surface area contributed by atoms with Gasteiger partial charge in [0.05, 0.1) is 11.1 Å². The first-order chi connectivity index (χ1) is 30.5. The van der Waals surface area contributed by atoms with Gasteiger partial charge in [-0.05, 0) is 189 Å². The van der Waals surface area contributed by atoms with E-state index in [0.29, 0.717) is 11.8 Å². The number of anilines is 4. The van der Waals surface area contributed by atoms with E-state index < -0.39 is 0 Å². The van der Waals surface area contributed by atoms with Gasteiger partial charge in [0.25, 0.3) is 0 Å². The van der Waals surface area contributed by atoms with Crippen molar-refractivity contribution in [1.82, 2.24) is 0 Å². The first kappa shape index (κ1) is 37.4. The van der Waals surface area contributed by atoms with Gasteiger partial charge in [-0.1, -0.05) is 131 Å². The standard InChI is InChI=1S/C61H56N2/c1-58(2)31-29-53-51-35-40(23-27-55(51)62(60(53,58)5)43-15-9-7-10-16-43)38-21-25-45-42(33-38)37-50-47-26-22-39(34-49(47)46-19-13-14-20-48(46)57(45)50)41-24-28-56-52(36-41)54-30-32-59(3,4)61(54,6)63(56)44-17-11-8-12-18-44/h7-28,33-36,53-54H,29-32,37H2,1-6H3. The van der Waals surface area contributed by atoms with Crippen molar-refractivity contribution in [3.63, 3.8) is 0 Å². The summed E-state index contributed by atoms with van der Waals surface area (Å²) >= 11 is 0. The lowest BCUT2D eigenvalue weighted by atomic mass is 9.72. The Morgan fingerprint density at radius 3 is 1.48 bits per heavy atom. The van der Waals surface area contributed by atoms with Gasteiger partial charge in [0.15, 0.2) is 0 Å². The van der Waals surface area contributed by atoms with Crippen LogP contribution in [0.1, 0.15) is 101 Å². The molecule has 2 aliphatic heterocycles. The fourth-order valence-corrected chi connectivity index (χ4v) is 14.0. The molecule has 0 radical (unpaired) electrons. The highest BCUT2D eigenvalue weighted by atomic mass is 15.3. The van der Waals surface area contributed by atoms with Gasteiger partial charge in [-0.25, -0.2) is 0 Å². The average molecular weight is 817 g/mol. The van der Waals surface area contributed by atoms with Crippen molar-refractivity contribution in [3.05, 3.63) is 180 Å². The van der Waals surface area contributed by atoms with Crippen molar-refractivity contribution >= 4 is 44.3 Å². The van der Waals surface area contributed by atoms with Gasteiger partial charge in [0.1, 0.15) is 0 Å². The van der Waals surface area contributed by atoms with Crippen LogP contribution in [0.15, 0.2) is 158 Å². The topological polar surface area (TPSA) is 6.48 Å². The highest BCUT2D eigenvalue weighted by Crippen LogP contribution is 2.67. The minimum Gasteiger partial charge on any atom is -0.334 e. The molecular formula is C61H56N2. The summed E-state index contributed by atoms with van der Waals surface area (Å²) in [6.45, 7) is 15.0. The molecule has 8 aromatic carbocycles. The molecule has 4 unspecified atom stereocenters. The van der Waals surface area contributed by atoms with Crippen LogP contribution < -0.4 is 9.80 Å². The van der Waals surface area contributed by atoms with Gasteiger partial charge in [0.2, 0.25) is 0 Å². The molecule has 2 fully saturated rings. The van der Waals surface area contributed by atoms with Gasteiger partial charge in [0, 0.05) is 34.6 Å². The number of hydrogen-bond acceptors (Lipinski definition) is 2. The predicted octanol–water partition coefficient (Wildman–Crippen LogP) is 16.5. The van der Waals surface area contributed by atoms with E-state index in [1.54, 1.807) is 0 Å². The maximum Gasteiger partial charge on any atom is 0.0543 e. The summed E-state index contributed by atoms with van der Waals surface area (Å²) in [6.07, 6.45) is 5.86. The molecular weight excluding hydrogens is 761 g/mol. The molecule has 63 heavy (non-hydrogen) atoms. The van der Waals surface area contributed by atoms with E-state index in [4.69, 9.17) is 0 Å². The average Bonchev–Trinajstić information content (AvgIpc) is 4.03. The Morgan fingerprint density at radius 1 is 0.429 bits per heavy atom. The number of hydrogen-bond donors (Lipinski definition) is 0. The molecule has 0 bridgehead atoms. The molecule has 4 atom stereocenters. The minimum absolute atomic E-state index is 0.0169. The zero-order chi connectivity index (χ0) is 42.6. The fourth-order valence-electron chi connectivity index (χ4n) is 14.0. The maximum atomic E-state index is 2.68. The summed E-state index contributed by atoms with van der Waals surface area (Å²) in [5.41, 5.74) is 19.8. The summed E-state index contributed by atoms with van der Waals surface area (Å²) < 4.78 is 0. The minimum atomic E-state index is 0.0169. The lowest BCUT2D eigenvalue weighted by Crippen LogP contribution is -2.50. The van der Waals surface area contributed by atoms with E-state index >= 15 is 0 Å². The molecule has 13 rings (SSSR count). The van der Waals surface area contributed by atoms with E-state index in [-0.39, 0.29) is 21.9 Å². The Balaban J connectivity index is 0.886. The van der Waals surface area contributed by atoms with Crippen LogP contribution in [0.3, 0.4) is 0 Å². The lowest BCUT2D eigenvalue weighted by Gasteiger charge is -2.47. The van der Waals surface area contributed by atoms with Crippen LogP contribution in [0.2, 0.25) is 0 Å². The Labute approximate surface area is 373 Å². The first-order valence-electron chi connectivity index (χ1n) is 23.6. The smallest absolute Gasteiger partial charge is 0.0543 e. The Bertz CT molecular complexity index is 3210. The molecule has 310 valence electrons. The second kappa shape index (κ2) is 12.8. The first-order valence-corrected chi connectivity index (χ1v) is 23.6. The van der Waals surface area contributed by atoms with Crippen LogP contribution in [-0.4, -0.2) is 11.1 Å². The molecule has 3 aliphatic carbocycles. The molecule has 0 spiro atoms. The number of para-hydroxylation sites is 2. The summed E-state index contributed by atoms with van der Waals surface area (Å²) in [5, 5.41) is 5.45. The third-order valence-electron chi connectivity index (χ3n) is 18.0. The van der Waals surface area contributed by atoms with E-state index in [9.17, 15) is 0 Å². The second-order valence-corrected chi connectivity index (χ2v) is 21.3. The van der Waals surface area contributed by atoms with Crippen LogP contribution in [0.25, 0.3) is 54.9 Å². The highest BCUT2D eigenvalue weighted by Gasteiger charge is 2.62. The van der Waals surface area contributed by atoms with Crippen molar-refractivity contribution < 1.29 is 0 Å². The van der Waals surface area contributed by atoms with E-state index in [1.807, 2.05) is 0 Å². The maximum absolute atomic E-state index is 2.68.